The van der Waals surface area contributed by atoms with Crippen LogP contribution in [0.2, 0.25) is 0 Å². The molecule has 4 heteroatoms. The molecule has 1 aliphatic rings. The lowest BCUT2D eigenvalue weighted by Gasteiger charge is -2.09. The van der Waals surface area contributed by atoms with Crippen LogP contribution >= 0.6 is 11.3 Å². The maximum Gasteiger partial charge on any atom is 0.118 e. The van der Waals surface area contributed by atoms with Gasteiger partial charge in [0.2, 0.25) is 0 Å². The molecule has 3 nitrogen and oxygen atoms in total. The lowest BCUT2D eigenvalue weighted by Crippen LogP contribution is -2.22. The van der Waals surface area contributed by atoms with E-state index in [1.54, 1.807) is 7.11 Å². The van der Waals surface area contributed by atoms with Gasteiger partial charge in [0.15, 0.2) is 0 Å². The number of nitrogens with one attached hydrogen (secondary N) is 1. The minimum Gasteiger partial charge on any atom is -0.497 e. The first-order chi connectivity index (χ1) is 8.85. The Balaban J connectivity index is 1.76. The number of nitrogens with zero attached hydrogens (tertiary/aromatic N) is 1. The molecular weight excluding hydrogens is 244 g/mol. The van der Waals surface area contributed by atoms with Crippen molar-refractivity contribution in [1.82, 2.24) is 10.3 Å². The maximum atomic E-state index is 5.16. The van der Waals surface area contributed by atoms with Gasteiger partial charge in [-0.1, -0.05) is 12.1 Å². The molecule has 0 atom stereocenters. The molecule has 94 valence electrons. The number of aromatic nitrogens is 1. The highest BCUT2D eigenvalue weighted by Gasteiger charge is 2.14. The van der Waals surface area contributed by atoms with Gasteiger partial charge in [-0.25, -0.2) is 4.98 Å². The van der Waals surface area contributed by atoms with Gasteiger partial charge < -0.3 is 10.1 Å². The zero-order valence-corrected chi connectivity index (χ0v) is 11.2. The van der Waals surface area contributed by atoms with Gasteiger partial charge in [-0.3, -0.25) is 0 Å². The van der Waals surface area contributed by atoms with Crippen molar-refractivity contribution in [2.75, 3.05) is 13.7 Å². The SMILES string of the molecule is COc1ccc(Cc2nc3c(s2)CNCC3)cc1. The van der Waals surface area contributed by atoms with Crippen molar-refractivity contribution in [3.63, 3.8) is 0 Å². The number of hydrogen-bond acceptors (Lipinski definition) is 4. The fraction of sp³-hybridized carbons (Fsp3) is 0.357. The highest BCUT2D eigenvalue weighted by molar-refractivity contribution is 7.11. The van der Waals surface area contributed by atoms with Gasteiger partial charge in [0.05, 0.1) is 17.8 Å². The summed E-state index contributed by atoms with van der Waals surface area (Å²) in [6.07, 6.45) is 1.98. The first kappa shape index (κ1) is 11.7. The van der Waals surface area contributed by atoms with Gasteiger partial charge in [-0.2, -0.15) is 0 Å². The molecule has 0 spiro atoms. The molecule has 18 heavy (non-hydrogen) atoms. The molecule has 1 aliphatic heterocycles. The normalized spacial score (nSPS) is 14.3. The first-order valence-corrected chi connectivity index (χ1v) is 6.98. The van der Waals surface area contributed by atoms with E-state index in [1.807, 2.05) is 23.5 Å². The summed E-state index contributed by atoms with van der Waals surface area (Å²) in [4.78, 5) is 6.14. The second-order valence-corrected chi connectivity index (χ2v) is 5.60. The van der Waals surface area contributed by atoms with E-state index in [0.717, 1.165) is 31.7 Å². The third-order valence-corrected chi connectivity index (χ3v) is 4.26. The lowest BCUT2D eigenvalue weighted by atomic mass is 10.1. The van der Waals surface area contributed by atoms with Gasteiger partial charge in [0, 0.05) is 30.8 Å². The summed E-state index contributed by atoms with van der Waals surface area (Å²) in [6, 6.07) is 8.23. The predicted molar refractivity (Wildman–Crippen MR) is 73.3 cm³/mol. The van der Waals surface area contributed by atoms with Crippen LogP contribution in [0.4, 0.5) is 0 Å². The molecule has 1 N–H and O–H groups in total. The zero-order valence-electron chi connectivity index (χ0n) is 10.4. The highest BCUT2D eigenvalue weighted by atomic mass is 32.1. The maximum absolute atomic E-state index is 5.16. The summed E-state index contributed by atoms with van der Waals surface area (Å²) in [7, 11) is 1.69. The number of thiazole rings is 1. The number of methoxy groups -OCH3 is 1. The van der Waals surface area contributed by atoms with Crippen LogP contribution < -0.4 is 10.1 Å². The molecule has 1 aromatic carbocycles. The van der Waals surface area contributed by atoms with Gasteiger partial charge in [-0.05, 0) is 17.7 Å². The summed E-state index contributed by atoms with van der Waals surface area (Å²) < 4.78 is 5.16. The van der Waals surface area contributed by atoms with Crippen LogP contribution in [0.15, 0.2) is 24.3 Å². The lowest BCUT2D eigenvalue weighted by molar-refractivity contribution is 0.414. The highest BCUT2D eigenvalue weighted by Crippen LogP contribution is 2.24. The Hall–Kier alpha value is -1.39. The molecule has 0 saturated heterocycles. The summed E-state index contributed by atoms with van der Waals surface area (Å²) in [5.41, 5.74) is 2.58. The molecule has 0 saturated carbocycles. The Kier molecular flexibility index (Phi) is 3.30. The van der Waals surface area contributed by atoms with Crippen LogP contribution in [0.5, 0.6) is 5.75 Å². The molecule has 0 bridgehead atoms. The van der Waals surface area contributed by atoms with Crippen molar-refractivity contribution in [3.05, 3.63) is 45.4 Å². The van der Waals surface area contributed by atoms with Crippen molar-refractivity contribution in [2.24, 2.45) is 0 Å². The Morgan fingerprint density at radius 1 is 1.33 bits per heavy atom. The quantitative estimate of drug-likeness (QED) is 0.920. The van der Waals surface area contributed by atoms with E-state index < -0.39 is 0 Å². The Morgan fingerprint density at radius 2 is 2.17 bits per heavy atom. The zero-order chi connectivity index (χ0) is 12.4. The predicted octanol–water partition coefficient (Wildman–Crippen LogP) is 2.39. The Bertz CT molecular complexity index is 510. The summed E-state index contributed by atoms with van der Waals surface area (Å²) in [5, 5.41) is 4.60. The molecule has 0 fully saturated rings. The molecule has 0 aliphatic carbocycles. The van der Waals surface area contributed by atoms with Crippen LogP contribution in [-0.2, 0) is 19.4 Å². The number of ether oxygens (including phenoxy) is 1. The average Bonchev–Trinajstić information content (AvgIpc) is 2.82. The van der Waals surface area contributed by atoms with Gasteiger partial charge in [0.1, 0.15) is 5.75 Å². The summed E-state index contributed by atoms with van der Waals surface area (Å²) in [6.45, 7) is 2.04. The second kappa shape index (κ2) is 5.08. The fourth-order valence-electron chi connectivity index (χ4n) is 2.17. The number of fused-ring (bicyclic) bond motifs is 1. The van der Waals surface area contributed by atoms with Crippen molar-refractivity contribution in [2.45, 2.75) is 19.4 Å². The molecule has 0 unspecified atom stereocenters. The van der Waals surface area contributed by atoms with Crippen molar-refractivity contribution in [1.29, 1.82) is 0 Å². The van der Waals surface area contributed by atoms with Crippen LogP contribution in [-0.4, -0.2) is 18.6 Å². The molecular formula is C14H16N2OS. The third kappa shape index (κ3) is 2.40. The molecule has 1 aromatic heterocycles. The average molecular weight is 260 g/mol. The van der Waals surface area contributed by atoms with Gasteiger partial charge >= 0.3 is 0 Å². The minimum atomic E-state index is 0.904. The summed E-state index contributed by atoms with van der Waals surface area (Å²) >= 11 is 1.84. The van der Waals surface area contributed by atoms with E-state index in [4.69, 9.17) is 9.72 Å². The monoisotopic (exact) mass is 260 g/mol. The molecule has 0 radical (unpaired) electrons. The standard InChI is InChI=1S/C14H16N2OS/c1-17-11-4-2-10(3-5-11)8-14-16-12-6-7-15-9-13(12)18-14/h2-5,15H,6-9H2,1H3. The Morgan fingerprint density at radius 3 is 2.89 bits per heavy atom. The second-order valence-electron chi connectivity index (χ2n) is 4.43. The molecule has 2 aromatic rings. The van der Waals surface area contributed by atoms with Crippen molar-refractivity contribution >= 4 is 11.3 Å². The van der Waals surface area contributed by atoms with Crippen LogP contribution in [0.3, 0.4) is 0 Å². The number of benzene rings is 1. The minimum absolute atomic E-state index is 0.904. The van der Waals surface area contributed by atoms with Crippen molar-refractivity contribution in [3.8, 4) is 5.75 Å². The topological polar surface area (TPSA) is 34.1 Å². The van der Waals surface area contributed by atoms with E-state index in [1.165, 1.54) is 21.1 Å². The van der Waals surface area contributed by atoms with Crippen LogP contribution in [0.25, 0.3) is 0 Å². The Labute approximate surface area is 111 Å². The smallest absolute Gasteiger partial charge is 0.118 e. The van der Waals surface area contributed by atoms with Gasteiger partial charge in [-0.15, -0.1) is 11.3 Å². The van der Waals surface area contributed by atoms with E-state index >= 15 is 0 Å². The van der Waals surface area contributed by atoms with Crippen LogP contribution in [0.1, 0.15) is 21.1 Å². The van der Waals surface area contributed by atoms with E-state index in [-0.39, 0.29) is 0 Å². The molecule has 2 heterocycles. The van der Waals surface area contributed by atoms with E-state index in [9.17, 15) is 0 Å². The molecule has 3 rings (SSSR count). The van der Waals surface area contributed by atoms with E-state index in [0.29, 0.717) is 0 Å². The first-order valence-electron chi connectivity index (χ1n) is 6.16. The third-order valence-electron chi connectivity index (χ3n) is 3.16. The van der Waals surface area contributed by atoms with Crippen molar-refractivity contribution < 1.29 is 4.74 Å². The fourth-order valence-corrected chi connectivity index (χ4v) is 3.29. The van der Waals surface area contributed by atoms with E-state index in [2.05, 4.69) is 17.4 Å². The number of rotatable bonds is 3. The van der Waals surface area contributed by atoms with Gasteiger partial charge in [0.25, 0.3) is 0 Å². The van der Waals surface area contributed by atoms with Crippen LogP contribution in [0, 0.1) is 0 Å². The largest absolute Gasteiger partial charge is 0.497 e. The summed E-state index contributed by atoms with van der Waals surface area (Å²) in [5.74, 6) is 0.904. The number of hydrogen-bond donors (Lipinski definition) is 1. The molecule has 0 amide bonds.